The van der Waals surface area contributed by atoms with Gasteiger partial charge in [-0.05, 0) is 62.7 Å². The lowest BCUT2D eigenvalue weighted by atomic mass is 9.74. The molecule has 1 spiro atoms. The van der Waals surface area contributed by atoms with Crippen molar-refractivity contribution in [3.8, 4) is 6.07 Å². The first-order valence-electron chi connectivity index (χ1n) is 9.83. The van der Waals surface area contributed by atoms with Crippen LogP contribution in [-0.2, 0) is 5.41 Å². The third-order valence-electron chi connectivity index (χ3n) is 6.16. The van der Waals surface area contributed by atoms with Crippen LogP contribution in [0.4, 0.5) is 5.69 Å². The number of likely N-dealkylation sites (tertiary alicyclic amines) is 1. The van der Waals surface area contributed by atoms with Crippen LogP contribution in [0.2, 0.25) is 0 Å². The number of hydrogen-bond acceptors (Lipinski definition) is 3. The molecular weight excluding hydrogens is 346 g/mol. The summed E-state index contributed by atoms with van der Waals surface area (Å²) in [6.07, 6.45) is 4.04. The van der Waals surface area contributed by atoms with Crippen molar-refractivity contribution < 1.29 is 4.79 Å². The molecule has 4 heteroatoms. The summed E-state index contributed by atoms with van der Waals surface area (Å²) in [5.41, 5.74) is 4.66. The summed E-state index contributed by atoms with van der Waals surface area (Å²) in [7, 11) is 0. The van der Waals surface area contributed by atoms with E-state index in [0.717, 1.165) is 38.2 Å². The van der Waals surface area contributed by atoms with E-state index in [4.69, 9.17) is 0 Å². The molecule has 0 bridgehead atoms. The smallest absolute Gasteiger partial charge is 0.258 e. The Hall–Kier alpha value is -2.90. The summed E-state index contributed by atoms with van der Waals surface area (Å²) in [6.45, 7) is 9.64. The lowest BCUT2D eigenvalue weighted by molar-refractivity contribution is 0.0977. The predicted octanol–water partition coefficient (Wildman–Crippen LogP) is 4.05. The van der Waals surface area contributed by atoms with Crippen molar-refractivity contribution in [2.45, 2.75) is 25.2 Å². The fourth-order valence-corrected chi connectivity index (χ4v) is 4.62. The monoisotopic (exact) mass is 371 g/mol. The predicted molar refractivity (Wildman–Crippen MR) is 112 cm³/mol. The van der Waals surface area contributed by atoms with Gasteiger partial charge in [-0.2, -0.15) is 5.26 Å². The van der Waals surface area contributed by atoms with E-state index in [-0.39, 0.29) is 11.3 Å². The van der Waals surface area contributed by atoms with Crippen LogP contribution in [0.15, 0.2) is 55.1 Å². The van der Waals surface area contributed by atoms with Crippen LogP contribution in [0.5, 0.6) is 0 Å². The van der Waals surface area contributed by atoms with Gasteiger partial charge in [-0.1, -0.05) is 29.8 Å². The van der Waals surface area contributed by atoms with Crippen LogP contribution in [-0.4, -0.2) is 37.0 Å². The number of amides is 1. The number of fused-ring (bicyclic) bond motifs is 2. The first-order chi connectivity index (χ1) is 13.6. The minimum atomic E-state index is -0.0207. The summed E-state index contributed by atoms with van der Waals surface area (Å²) in [5, 5.41) is 9.18. The molecule has 0 saturated carbocycles. The van der Waals surface area contributed by atoms with E-state index in [1.165, 1.54) is 11.1 Å². The van der Waals surface area contributed by atoms with Gasteiger partial charge < -0.3 is 4.90 Å². The van der Waals surface area contributed by atoms with Crippen molar-refractivity contribution in [2.24, 2.45) is 0 Å². The molecule has 0 aromatic heterocycles. The van der Waals surface area contributed by atoms with Crippen LogP contribution in [0.25, 0.3) is 0 Å². The molecular formula is C24H25N3O. The normalized spacial score (nSPS) is 17.9. The van der Waals surface area contributed by atoms with Crippen LogP contribution in [0.3, 0.4) is 0 Å². The molecule has 2 aromatic carbocycles. The van der Waals surface area contributed by atoms with E-state index < -0.39 is 0 Å². The van der Waals surface area contributed by atoms with E-state index in [2.05, 4.69) is 42.7 Å². The SMILES string of the molecule is C=CCN1CCC2(CC1)CN(C(=O)c1cccc(C#N)c1)c1ccc(C)cc12. The molecule has 2 aliphatic heterocycles. The zero-order valence-electron chi connectivity index (χ0n) is 16.3. The summed E-state index contributed by atoms with van der Waals surface area (Å²) in [6, 6.07) is 15.6. The van der Waals surface area contributed by atoms with Crippen molar-refractivity contribution >= 4 is 11.6 Å². The van der Waals surface area contributed by atoms with E-state index in [9.17, 15) is 10.1 Å². The molecule has 0 atom stereocenters. The van der Waals surface area contributed by atoms with Crippen molar-refractivity contribution in [1.29, 1.82) is 5.26 Å². The maximum absolute atomic E-state index is 13.3. The van der Waals surface area contributed by atoms with Crippen molar-refractivity contribution in [1.82, 2.24) is 4.90 Å². The largest absolute Gasteiger partial charge is 0.307 e. The average Bonchev–Trinajstić information content (AvgIpc) is 3.03. The van der Waals surface area contributed by atoms with Gasteiger partial charge in [0.1, 0.15) is 0 Å². The van der Waals surface area contributed by atoms with Crippen LogP contribution < -0.4 is 4.90 Å². The van der Waals surface area contributed by atoms with Gasteiger partial charge in [0.15, 0.2) is 0 Å². The minimum Gasteiger partial charge on any atom is -0.307 e. The molecule has 4 nitrogen and oxygen atoms in total. The molecule has 1 amide bonds. The fourth-order valence-electron chi connectivity index (χ4n) is 4.62. The van der Waals surface area contributed by atoms with Gasteiger partial charge >= 0.3 is 0 Å². The van der Waals surface area contributed by atoms with Crippen molar-refractivity contribution in [3.05, 3.63) is 77.4 Å². The van der Waals surface area contributed by atoms with Crippen LogP contribution >= 0.6 is 0 Å². The Bertz CT molecular complexity index is 964. The summed E-state index contributed by atoms with van der Waals surface area (Å²) < 4.78 is 0. The third kappa shape index (κ3) is 3.12. The van der Waals surface area contributed by atoms with Crippen molar-refractivity contribution in [2.75, 3.05) is 31.1 Å². The second-order valence-electron chi connectivity index (χ2n) is 7.97. The summed E-state index contributed by atoms with van der Waals surface area (Å²) >= 11 is 0. The highest BCUT2D eigenvalue weighted by Crippen LogP contribution is 2.47. The molecule has 2 aliphatic rings. The standard InChI is InChI=1S/C24H25N3O/c1-3-11-26-12-9-24(10-13-26)17-27(22-8-7-18(2)14-21(22)24)23(28)20-6-4-5-19(15-20)16-25/h3-8,14-15H,1,9-13,17H2,2H3. The third-order valence-corrected chi connectivity index (χ3v) is 6.16. The fraction of sp³-hybridized carbons (Fsp3) is 0.333. The number of anilines is 1. The first-order valence-corrected chi connectivity index (χ1v) is 9.83. The molecule has 0 N–H and O–H groups in total. The van der Waals surface area contributed by atoms with E-state index in [1.54, 1.807) is 24.3 Å². The zero-order chi connectivity index (χ0) is 19.7. The highest BCUT2D eigenvalue weighted by atomic mass is 16.2. The number of piperidine rings is 1. The molecule has 0 radical (unpaired) electrons. The highest BCUT2D eigenvalue weighted by molar-refractivity contribution is 6.08. The number of benzene rings is 2. The Kier molecular flexibility index (Phi) is 4.78. The van der Waals surface area contributed by atoms with E-state index >= 15 is 0 Å². The second kappa shape index (κ2) is 7.26. The molecule has 2 heterocycles. The molecule has 1 fully saturated rings. The zero-order valence-corrected chi connectivity index (χ0v) is 16.3. The van der Waals surface area contributed by atoms with Gasteiger partial charge in [-0.15, -0.1) is 6.58 Å². The molecule has 1 saturated heterocycles. The quantitative estimate of drug-likeness (QED) is 0.765. The lowest BCUT2D eigenvalue weighted by Gasteiger charge is -2.39. The number of nitrogens with zero attached hydrogens (tertiary/aromatic N) is 3. The van der Waals surface area contributed by atoms with Crippen LogP contribution in [0.1, 0.15) is 39.9 Å². The van der Waals surface area contributed by atoms with E-state index in [0.29, 0.717) is 17.7 Å². The number of carbonyl (C=O) groups is 1. The Labute approximate surface area is 166 Å². The number of rotatable bonds is 3. The number of hydrogen-bond donors (Lipinski definition) is 0. The maximum Gasteiger partial charge on any atom is 0.258 e. The summed E-state index contributed by atoms with van der Waals surface area (Å²) in [4.78, 5) is 17.7. The molecule has 0 unspecified atom stereocenters. The maximum atomic E-state index is 13.3. The number of aryl methyl sites for hydroxylation is 1. The topological polar surface area (TPSA) is 47.3 Å². The van der Waals surface area contributed by atoms with Gasteiger partial charge in [0.25, 0.3) is 5.91 Å². The Balaban J connectivity index is 1.69. The second-order valence-corrected chi connectivity index (χ2v) is 7.97. The van der Waals surface area contributed by atoms with Gasteiger partial charge in [0.2, 0.25) is 0 Å². The number of carbonyl (C=O) groups excluding carboxylic acids is 1. The van der Waals surface area contributed by atoms with Gasteiger partial charge in [-0.3, -0.25) is 9.69 Å². The molecule has 28 heavy (non-hydrogen) atoms. The molecule has 0 aliphatic carbocycles. The average molecular weight is 371 g/mol. The Morgan fingerprint density at radius 2 is 2.04 bits per heavy atom. The van der Waals surface area contributed by atoms with Crippen molar-refractivity contribution in [3.63, 3.8) is 0 Å². The lowest BCUT2D eigenvalue weighted by Crippen LogP contribution is -2.46. The Morgan fingerprint density at radius 1 is 1.25 bits per heavy atom. The molecule has 2 aromatic rings. The molecule has 142 valence electrons. The highest BCUT2D eigenvalue weighted by Gasteiger charge is 2.46. The first kappa shape index (κ1) is 18.5. The molecule has 4 rings (SSSR count). The van der Waals surface area contributed by atoms with Gasteiger partial charge in [0, 0.05) is 29.8 Å². The van der Waals surface area contributed by atoms with Gasteiger partial charge in [-0.25, -0.2) is 0 Å². The van der Waals surface area contributed by atoms with E-state index in [1.807, 2.05) is 11.0 Å². The summed E-state index contributed by atoms with van der Waals surface area (Å²) in [5.74, 6) is -0.0207. The minimum absolute atomic E-state index is 0.0154. The van der Waals surface area contributed by atoms with Gasteiger partial charge in [0.05, 0.1) is 11.6 Å². The Morgan fingerprint density at radius 3 is 2.75 bits per heavy atom. The number of nitriles is 1. The van der Waals surface area contributed by atoms with Crippen LogP contribution in [0, 0.1) is 18.3 Å².